The zero-order valence-electron chi connectivity index (χ0n) is 18.6. The third-order valence-corrected chi connectivity index (χ3v) is 4.98. The molecule has 0 aromatic heterocycles. The number of rotatable bonds is 15. The summed E-state index contributed by atoms with van der Waals surface area (Å²) in [4.78, 5) is 24.8. The summed E-state index contributed by atoms with van der Waals surface area (Å²) in [5, 5.41) is 2.44. The molecule has 0 saturated heterocycles. The molecule has 0 aliphatic rings. The highest BCUT2D eigenvalue weighted by atomic mass is 19.1. The van der Waals surface area contributed by atoms with Crippen LogP contribution >= 0.6 is 0 Å². The first-order valence-electron chi connectivity index (χ1n) is 11.3. The first kappa shape index (κ1) is 26.1. The molecule has 30 heavy (non-hydrogen) atoms. The summed E-state index contributed by atoms with van der Waals surface area (Å²) in [6.45, 7) is 6.29. The minimum absolute atomic E-state index is 0.0982. The summed E-state index contributed by atoms with van der Waals surface area (Å²) in [6, 6.07) is 2.27. The van der Waals surface area contributed by atoms with Crippen molar-refractivity contribution >= 4 is 11.9 Å². The Hall–Kier alpha value is -1.98. The van der Waals surface area contributed by atoms with E-state index in [-0.39, 0.29) is 12.5 Å². The number of ether oxygens (including phenoxy) is 1. The topological polar surface area (TPSA) is 55.4 Å². The van der Waals surface area contributed by atoms with Crippen molar-refractivity contribution in [2.75, 3.05) is 6.61 Å². The molecule has 0 fully saturated rings. The summed E-state index contributed by atoms with van der Waals surface area (Å²) in [7, 11) is 0. The fourth-order valence-electron chi connectivity index (χ4n) is 3.32. The van der Waals surface area contributed by atoms with Crippen LogP contribution in [0.15, 0.2) is 18.2 Å². The highest BCUT2D eigenvalue weighted by molar-refractivity contribution is 5.97. The van der Waals surface area contributed by atoms with E-state index in [0.717, 1.165) is 31.4 Å². The van der Waals surface area contributed by atoms with Crippen molar-refractivity contribution in [3.05, 3.63) is 35.4 Å². The van der Waals surface area contributed by atoms with Gasteiger partial charge in [-0.25, -0.2) is 13.6 Å². The Kier molecular flexibility index (Phi) is 13.0. The Balaban J connectivity index is 2.42. The number of amides is 1. The van der Waals surface area contributed by atoms with Crippen molar-refractivity contribution in [2.24, 2.45) is 5.92 Å². The summed E-state index contributed by atoms with van der Waals surface area (Å²) in [5.41, 5.74) is -0.682. The van der Waals surface area contributed by atoms with Crippen LogP contribution in [0.25, 0.3) is 0 Å². The molecule has 0 saturated carbocycles. The smallest absolute Gasteiger partial charge is 0.328 e. The first-order chi connectivity index (χ1) is 14.4. The molecular formula is C24H37F2NO3. The Labute approximate surface area is 179 Å². The van der Waals surface area contributed by atoms with Gasteiger partial charge < -0.3 is 10.1 Å². The van der Waals surface area contributed by atoms with Crippen molar-refractivity contribution < 1.29 is 23.1 Å². The number of unbranched alkanes of at least 4 members (excludes halogenated alkanes) is 8. The predicted octanol–water partition coefficient (Wildman–Crippen LogP) is 6.18. The highest BCUT2D eigenvalue weighted by Gasteiger charge is 2.26. The summed E-state index contributed by atoms with van der Waals surface area (Å²) in [5.74, 6) is -3.33. The summed E-state index contributed by atoms with van der Waals surface area (Å²) < 4.78 is 33.0. The maximum absolute atomic E-state index is 13.8. The summed E-state index contributed by atoms with van der Waals surface area (Å²) >= 11 is 0. The van der Waals surface area contributed by atoms with Crippen LogP contribution in [-0.2, 0) is 9.53 Å². The standard InChI is InChI=1S/C24H37F2NO3/c1-4-5-6-7-8-9-10-11-12-16-30-24(29)21(17-18(2)3)27-23(28)22-19(25)14-13-15-20(22)26/h13-15,18,21H,4-12,16-17H2,1-3H3,(H,27,28). The Morgan fingerprint density at radius 2 is 1.47 bits per heavy atom. The van der Waals surface area contributed by atoms with E-state index in [1.807, 2.05) is 13.8 Å². The molecule has 1 atom stereocenters. The number of hydrogen-bond acceptors (Lipinski definition) is 3. The van der Waals surface area contributed by atoms with Crippen molar-refractivity contribution in [2.45, 2.75) is 91.0 Å². The fourth-order valence-corrected chi connectivity index (χ4v) is 3.32. The van der Waals surface area contributed by atoms with Crippen LogP contribution < -0.4 is 5.32 Å². The molecule has 1 unspecified atom stereocenters. The van der Waals surface area contributed by atoms with Gasteiger partial charge in [-0.2, -0.15) is 0 Å². The molecule has 170 valence electrons. The van der Waals surface area contributed by atoms with Crippen molar-refractivity contribution in [3.63, 3.8) is 0 Å². The zero-order valence-corrected chi connectivity index (χ0v) is 18.6. The monoisotopic (exact) mass is 425 g/mol. The van der Waals surface area contributed by atoms with Gasteiger partial charge in [0.1, 0.15) is 23.2 Å². The molecule has 0 spiro atoms. The van der Waals surface area contributed by atoms with Crippen LogP contribution in [0.4, 0.5) is 8.78 Å². The summed E-state index contributed by atoms with van der Waals surface area (Å²) in [6.07, 6.45) is 10.8. The lowest BCUT2D eigenvalue weighted by atomic mass is 10.0. The molecule has 1 rings (SSSR count). The van der Waals surface area contributed by atoms with E-state index in [1.165, 1.54) is 44.6 Å². The van der Waals surface area contributed by atoms with Crippen LogP contribution in [0.2, 0.25) is 0 Å². The number of esters is 1. The minimum Gasteiger partial charge on any atom is -0.464 e. The van der Waals surface area contributed by atoms with Gasteiger partial charge in [0.15, 0.2) is 0 Å². The van der Waals surface area contributed by atoms with Crippen LogP contribution in [-0.4, -0.2) is 24.5 Å². The molecular weight excluding hydrogens is 388 g/mol. The molecule has 1 aromatic carbocycles. The molecule has 0 bridgehead atoms. The number of benzene rings is 1. The lowest BCUT2D eigenvalue weighted by Crippen LogP contribution is -2.43. The Morgan fingerprint density at radius 3 is 2.00 bits per heavy atom. The number of carbonyl (C=O) groups excluding carboxylic acids is 2. The maximum Gasteiger partial charge on any atom is 0.328 e. The minimum atomic E-state index is -0.959. The number of nitrogens with one attached hydrogen (secondary N) is 1. The quantitative estimate of drug-likeness (QED) is 0.269. The van der Waals surface area contributed by atoms with Crippen molar-refractivity contribution in [3.8, 4) is 0 Å². The van der Waals surface area contributed by atoms with Gasteiger partial charge >= 0.3 is 5.97 Å². The molecule has 0 aliphatic carbocycles. The fraction of sp³-hybridized carbons (Fsp3) is 0.667. The number of halogens is 2. The van der Waals surface area contributed by atoms with Gasteiger partial charge in [0.25, 0.3) is 5.91 Å². The molecule has 0 radical (unpaired) electrons. The van der Waals surface area contributed by atoms with Crippen molar-refractivity contribution in [1.29, 1.82) is 0 Å². The Morgan fingerprint density at radius 1 is 0.933 bits per heavy atom. The molecule has 1 N–H and O–H groups in total. The van der Waals surface area contributed by atoms with E-state index in [1.54, 1.807) is 0 Å². The second kappa shape index (κ2) is 14.9. The third kappa shape index (κ3) is 10.2. The maximum atomic E-state index is 13.8. The van der Waals surface area contributed by atoms with Gasteiger partial charge in [-0.15, -0.1) is 0 Å². The lowest BCUT2D eigenvalue weighted by Gasteiger charge is -2.19. The molecule has 6 heteroatoms. The average molecular weight is 426 g/mol. The molecule has 4 nitrogen and oxygen atoms in total. The molecule has 0 heterocycles. The van der Waals surface area contributed by atoms with Gasteiger partial charge in [0.05, 0.1) is 6.61 Å². The third-order valence-electron chi connectivity index (χ3n) is 4.98. The van der Waals surface area contributed by atoms with Gasteiger partial charge in [-0.05, 0) is 30.9 Å². The molecule has 1 amide bonds. The highest BCUT2D eigenvalue weighted by Crippen LogP contribution is 2.14. The number of carbonyl (C=O) groups is 2. The van der Waals surface area contributed by atoms with E-state index < -0.39 is 35.1 Å². The van der Waals surface area contributed by atoms with Gasteiger partial charge in [0, 0.05) is 0 Å². The molecule has 1 aromatic rings. The normalized spacial score (nSPS) is 12.1. The largest absolute Gasteiger partial charge is 0.464 e. The van der Waals surface area contributed by atoms with E-state index >= 15 is 0 Å². The SMILES string of the molecule is CCCCCCCCCCCOC(=O)C(CC(C)C)NC(=O)c1c(F)cccc1F. The van der Waals surface area contributed by atoms with Gasteiger partial charge in [0.2, 0.25) is 0 Å². The second-order valence-electron chi connectivity index (χ2n) is 8.25. The van der Waals surface area contributed by atoms with E-state index in [4.69, 9.17) is 4.74 Å². The second-order valence-corrected chi connectivity index (χ2v) is 8.25. The van der Waals surface area contributed by atoms with Crippen LogP contribution in [0.1, 0.15) is 95.3 Å². The first-order valence-corrected chi connectivity index (χ1v) is 11.3. The number of hydrogen-bond donors (Lipinski definition) is 1. The van der Waals surface area contributed by atoms with Crippen LogP contribution in [0.3, 0.4) is 0 Å². The van der Waals surface area contributed by atoms with Crippen LogP contribution in [0, 0.1) is 17.6 Å². The van der Waals surface area contributed by atoms with E-state index in [9.17, 15) is 18.4 Å². The van der Waals surface area contributed by atoms with E-state index in [2.05, 4.69) is 12.2 Å². The average Bonchev–Trinajstić information content (AvgIpc) is 2.68. The zero-order chi connectivity index (χ0) is 22.4. The van der Waals surface area contributed by atoms with Gasteiger partial charge in [-0.3, -0.25) is 4.79 Å². The lowest BCUT2D eigenvalue weighted by molar-refractivity contribution is -0.146. The Bertz CT molecular complexity index is 629. The van der Waals surface area contributed by atoms with Gasteiger partial charge in [-0.1, -0.05) is 78.2 Å². The van der Waals surface area contributed by atoms with Crippen LogP contribution in [0.5, 0.6) is 0 Å². The molecule has 0 aliphatic heterocycles. The van der Waals surface area contributed by atoms with Crippen molar-refractivity contribution in [1.82, 2.24) is 5.32 Å². The van der Waals surface area contributed by atoms with E-state index in [0.29, 0.717) is 6.42 Å². The predicted molar refractivity (Wildman–Crippen MR) is 115 cm³/mol.